The van der Waals surface area contributed by atoms with Crippen LogP contribution in [0, 0.1) is 6.92 Å². The Kier molecular flexibility index (Phi) is 3.67. The summed E-state index contributed by atoms with van der Waals surface area (Å²) in [6.45, 7) is 2.08. The Balaban J connectivity index is 2.28. The molecule has 0 saturated heterocycles. The van der Waals surface area contributed by atoms with Crippen LogP contribution in [0.1, 0.15) is 22.1 Å². The minimum atomic E-state index is -0.0753. The lowest BCUT2D eigenvalue weighted by molar-refractivity contribution is 1.13. The van der Waals surface area contributed by atoms with Crippen molar-refractivity contribution < 1.29 is 0 Å². The fraction of sp³-hybridized carbons (Fsp3) is 0.143. The molecule has 0 aliphatic heterocycles. The van der Waals surface area contributed by atoms with Crippen molar-refractivity contribution in [3.05, 3.63) is 69.7 Å². The molecule has 0 heterocycles. The number of hydrogen-bond acceptors (Lipinski definition) is 0. The summed E-state index contributed by atoms with van der Waals surface area (Å²) in [6, 6.07) is 16.4. The summed E-state index contributed by atoms with van der Waals surface area (Å²) in [5.74, 6) is 0. The Morgan fingerprint density at radius 1 is 0.875 bits per heavy atom. The van der Waals surface area contributed by atoms with Crippen molar-refractivity contribution in [1.82, 2.24) is 0 Å². The topological polar surface area (TPSA) is 0 Å². The van der Waals surface area contributed by atoms with Gasteiger partial charge in [0.15, 0.2) is 0 Å². The molecule has 2 rings (SSSR count). The molecule has 0 aromatic heterocycles. The second-order valence-corrected chi connectivity index (χ2v) is 5.18. The molecular formula is C14H12BrCl. The van der Waals surface area contributed by atoms with Crippen LogP contribution >= 0.6 is 27.5 Å². The van der Waals surface area contributed by atoms with E-state index in [9.17, 15) is 0 Å². The van der Waals surface area contributed by atoms with Crippen molar-refractivity contribution >= 4 is 27.5 Å². The quantitative estimate of drug-likeness (QED) is 0.677. The SMILES string of the molecule is Cc1ccc(C(Cl)c2ccc(Br)cc2)cc1. The van der Waals surface area contributed by atoms with Crippen molar-refractivity contribution in [3.63, 3.8) is 0 Å². The molecule has 0 radical (unpaired) electrons. The van der Waals surface area contributed by atoms with E-state index in [0.29, 0.717) is 0 Å². The number of rotatable bonds is 2. The molecule has 0 amide bonds. The number of aryl methyl sites for hydroxylation is 1. The highest BCUT2D eigenvalue weighted by molar-refractivity contribution is 9.10. The molecule has 16 heavy (non-hydrogen) atoms. The Morgan fingerprint density at radius 3 is 1.81 bits per heavy atom. The molecule has 0 aliphatic carbocycles. The molecule has 0 fully saturated rings. The minimum absolute atomic E-state index is 0.0753. The second-order valence-electron chi connectivity index (χ2n) is 3.82. The number of hydrogen-bond donors (Lipinski definition) is 0. The fourth-order valence-electron chi connectivity index (χ4n) is 1.56. The lowest BCUT2D eigenvalue weighted by Gasteiger charge is -2.10. The van der Waals surface area contributed by atoms with E-state index < -0.39 is 0 Å². The van der Waals surface area contributed by atoms with Gasteiger partial charge in [-0.15, -0.1) is 11.6 Å². The van der Waals surface area contributed by atoms with E-state index in [2.05, 4.69) is 47.1 Å². The van der Waals surface area contributed by atoms with Gasteiger partial charge in [0.1, 0.15) is 0 Å². The smallest absolute Gasteiger partial charge is 0.0835 e. The van der Waals surface area contributed by atoms with Crippen LogP contribution in [0.5, 0.6) is 0 Å². The molecule has 0 saturated carbocycles. The van der Waals surface area contributed by atoms with Gasteiger partial charge in [0, 0.05) is 4.47 Å². The third-order valence-corrected chi connectivity index (χ3v) is 3.57. The predicted molar refractivity (Wildman–Crippen MR) is 73.0 cm³/mol. The van der Waals surface area contributed by atoms with Crippen LogP contribution in [0.2, 0.25) is 0 Å². The lowest BCUT2D eigenvalue weighted by atomic mass is 10.0. The Labute approximate surface area is 109 Å². The summed E-state index contributed by atoms with van der Waals surface area (Å²) in [7, 11) is 0. The van der Waals surface area contributed by atoms with Crippen molar-refractivity contribution in [3.8, 4) is 0 Å². The van der Waals surface area contributed by atoms with Gasteiger partial charge in [0.25, 0.3) is 0 Å². The van der Waals surface area contributed by atoms with Gasteiger partial charge in [-0.1, -0.05) is 57.9 Å². The van der Waals surface area contributed by atoms with Gasteiger partial charge in [-0.3, -0.25) is 0 Å². The molecule has 2 heteroatoms. The average molecular weight is 296 g/mol. The summed E-state index contributed by atoms with van der Waals surface area (Å²) in [4.78, 5) is 0. The van der Waals surface area contributed by atoms with Crippen molar-refractivity contribution in [2.24, 2.45) is 0 Å². The average Bonchev–Trinajstić information content (AvgIpc) is 2.30. The molecule has 0 aliphatic rings. The van der Waals surface area contributed by atoms with Crippen LogP contribution in [0.3, 0.4) is 0 Å². The highest BCUT2D eigenvalue weighted by Gasteiger charge is 2.09. The molecular weight excluding hydrogens is 284 g/mol. The maximum atomic E-state index is 6.42. The highest BCUT2D eigenvalue weighted by Crippen LogP contribution is 2.29. The molecule has 2 aromatic rings. The van der Waals surface area contributed by atoms with Gasteiger partial charge >= 0.3 is 0 Å². The van der Waals surface area contributed by atoms with Crippen LogP contribution in [-0.2, 0) is 0 Å². The molecule has 1 unspecified atom stereocenters. The normalized spacial score (nSPS) is 12.4. The van der Waals surface area contributed by atoms with Crippen LogP contribution in [0.4, 0.5) is 0 Å². The third kappa shape index (κ3) is 2.66. The highest BCUT2D eigenvalue weighted by atomic mass is 79.9. The lowest BCUT2D eigenvalue weighted by Crippen LogP contribution is -1.92. The van der Waals surface area contributed by atoms with Gasteiger partial charge in [-0.2, -0.15) is 0 Å². The molecule has 82 valence electrons. The first-order valence-corrected chi connectivity index (χ1v) is 6.36. The second kappa shape index (κ2) is 5.03. The van der Waals surface area contributed by atoms with E-state index in [1.807, 2.05) is 24.3 Å². The molecule has 0 spiro atoms. The van der Waals surface area contributed by atoms with Gasteiger partial charge < -0.3 is 0 Å². The standard InChI is InChI=1S/C14H12BrCl/c1-10-2-4-11(5-3-10)14(16)12-6-8-13(15)9-7-12/h2-9,14H,1H3. The van der Waals surface area contributed by atoms with Crippen LogP contribution in [0.25, 0.3) is 0 Å². The van der Waals surface area contributed by atoms with Crippen molar-refractivity contribution in [2.45, 2.75) is 12.3 Å². The summed E-state index contributed by atoms with van der Waals surface area (Å²) in [5, 5.41) is -0.0753. The zero-order chi connectivity index (χ0) is 11.5. The van der Waals surface area contributed by atoms with Crippen LogP contribution in [-0.4, -0.2) is 0 Å². The van der Waals surface area contributed by atoms with E-state index in [0.717, 1.165) is 15.6 Å². The summed E-state index contributed by atoms with van der Waals surface area (Å²) in [5.41, 5.74) is 3.51. The monoisotopic (exact) mass is 294 g/mol. The van der Waals surface area contributed by atoms with Gasteiger partial charge in [0.05, 0.1) is 5.38 Å². The van der Waals surface area contributed by atoms with Gasteiger partial charge in [-0.05, 0) is 30.2 Å². The van der Waals surface area contributed by atoms with E-state index in [1.54, 1.807) is 0 Å². The number of halogens is 2. The van der Waals surface area contributed by atoms with Crippen LogP contribution < -0.4 is 0 Å². The number of alkyl halides is 1. The first-order chi connectivity index (χ1) is 7.66. The Bertz CT molecular complexity index is 414. The zero-order valence-corrected chi connectivity index (χ0v) is 11.3. The van der Waals surface area contributed by atoms with Crippen LogP contribution in [0.15, 0.2) is 53.0 Å². The predicted octanol–water partition coefficient (Wildman–Crippen LogP) is 5.09. The maximum Gasteiger partial charge on any atom is 0.0835 e. The van der Waals surface area contributed by atoms with Gasteiger partial charge in [-0.25, -0.2) is 0 Å². The van der Waals surface area contributed by atoms with E-state index in [-0.39, 0.29) is 5.38 Å². The molecule has 1 atom stereocenters. The largest absolute Gasteiger partial charge is 0.113 e. The first-order valence-electron chi connectivity index (χ1n) is 5.13. The van der Waals surface area contributed by atoms with Crippen molar-refractivity contribution in [1.29, 1.82) is 0 Å². The maximum absolute atomic E-state index is 6.42. The van der Waals surface area contributed by atoms with Gasteiger partial charge in [0.2, 0.25) is 0 Å². The molecule has 0 nitrogen and oxygen atoms in total. The number of benzene rings is 2. The molecule has 0 N–H and O–H groups in total. The fourth-order valence-corrected chi connectivity index (χ4v) is 2.11. The molecule has 2 aromatic carbocycles. The van der Waals surface area contributed by atoms with Crippen molar-refractivity contribution in [2.75, 3.05) is 0 Å². The third-order valence-electron chi connectivity index (χ3n) is 2.53. The zero-order valence-electron chi connectivity index (χ0n) is 8.95. The first kappa shape index (κ1) is 11.7. The summed E-state index contributed by atoms with van der Waals surface area (Å²) in [6.07, 6.45) is 0. The Hall–Kier alpha value is -0.790. The molecule has 0 bridgehead atoms. The Morgan fingerprint density at radius 2 is 1.31 bits per heavy atom. The summed E-state index contributed by atoms with van der Waals surface area (Å²) >= 11 is 9.84. The van der Waals surface area contributed by atoms with E-state index >= 15 is 0 Å². The van der Waals surface area contributed by atoms with E-state index in [4.69, 9.17) is 11.6 Å². The minimum Gasteiger partial charge on any atom is -0.113 e. The summed E-state index contributed by atoms with van der Waals surface area (Å²) < 4.78 is 1.07. The van der Waals surface area contributed by atoms with E-state index in [1.165, 1.54) is 5.56 Å².